The Kier molecular flexibility index (Phi) is 3.97. The van der Waals surface area contributed by atoms with E-state index in [0.717, 1.165) is 30.2 Å². The van der Waals surface area contributed by atoms with E-state index in [-0.39, 0.29) is 0 Å². The maximum Gasteiger partial charge on any atom is 0.194 e. The van der Waals surface area contributed by atoms with Crippen LogP contribution in [0.2, 0.25) is 0 Å². The molecule has 2 nitrogen and oxygen atoms in total. The fraction of sp³-hybridized carbons (Fsp3) is 0.462. The van der Waals surface area contributed by atoms with Crippen LogP contribution in [0.15, 0.2) is 16.7 Å². The highest BCUT2D eigenvalue weighted by molar-refractivity contribution is 7.98. The molecular formula is C13H14ClNOS2. The number of thioether (sulfide) groups is 1. The van der Waals surface area contributed by atoms with Gasteiger partial charge in [-0.25, -0.2) is 4.98 Å². The molecular weight excluding hydrogens is 286 g/mol. The van der Waals surface area contributed by atoms with Gasteiger partial charge in [0.2, 0.25) is 0 Å². The summed E-state index contributed by atoms with van der Waals surface area (Å²) in [5.74, 6) is 4.74. The number of nitrogens with zero attached hydrogens (tertiary/aromatic N) is 1. The Balaban J connectivity index is 1.81. The minimum absolute atomic E-state index is 0.655. The van der Waals surface area contributed by atoms with E-state index in [1.807, 2.05) is 29.3 Å². The van der Waals surface area contributed by atoms with E-state index in [4.69, 9.17) is 16.0 Å². The van der Waals surface area contributed by atoms with Crippen molar-refractivity contribution >= 4 is 34.7 Å². The van der Waals surface area contributed by atoms with Crippen molar-refractivity contribution in [2.24, 2.45) is 0 Å². The van der Waals surface area contributed by atoms with Crippen LogP contribution >= 0.6 is 34.7 Å². The molecule has 2 aromatic rings. The normalized spacial score (nSPS) is 14.7. The van der Waals surface area contributed by atoms with Crippen molar-refractivity contribution in [3.05, 3.63) is 28.6 Å². The van der Waals surface area contributed by atoms with Crippen molar-refractivity contribution < 1.29 is 4.42 Å². The first-order valence-corrected chi connectivity index (χ1v) is 8.58. The van der Waals surface area contributed by atoms with Crippen LogP contribution in [0.1, 0.15) is 22.8 Å². The Labute approximate surface area is 120 Å². The van der Waals surface area contributed by atoms with Gasteiger partial charge in [-0.2, -0.15) is 11.8 Å². The summed E-state index contributed by atoms with van der Waals surface area (Å²) in [5.41, 5.74) is 1.48. The molecule has 2 aromatic heterocycles. The summed E-state index contributed by atoms with van der Waals surface area (Å²) in [6.45, 7) is 0. The maximum absolute atomic E-state index is 5.78. The van der Waals surface area contributed by atoms with E-state index in [1.54, 1.807) is 0 Å². The van der Waals surface area contributed by atoms with Crippen LogP contribution < -0.4 is 0 Å². The zero-order chi connectivity index (χ0) is 12.4. The van der Waals surface area contributed by atoms with Gasteiger partial charge in [-0.15, -0.1) is 22.9 Å². The molecule has 1 aliphatic heterocycles. The number of thiophene rings is 1. The molecule has 1 aliphatic rings. The molecule has 0 spiro atoms. The van der Waals surface area contributed by atoms with Gasteiger partial charge in [-0.05, 0) is 30.2 Å². The van der Waals surface area contributed by atoms with Crippen molar-refractivity contribution in [2.75, 3.05) is 11.6 Å². The number of hydrogen-bond acceptors (Lipinski definition) is 4. The molecule has 0 fully saturated rings. The average molecular weight is 300 g/mol. The van der Waals surface area contributed by atoms with Gasteiger partial charge in [0.05, 0.1) is 11.1 Å². The summed E-state index contributed by atoms with van der Waals surface area (Å²) in [6.07, 6.45) is 4.77. The fourth-order valence-corrected chi connectivity index (χ4v) is 4.48. The Morgan fingerprint density at radius 2 is 2.39 bits per heavy atom. The Hall–Kier alpha value is -0.450. The summed E-state index contributed by atoms with van der Waals surface area (Å²) in [7, 11) is 0. The van der Waals surface area contributed by atoms with Gasteiger partial charge in [-0.1, -0.05) is 0 Å². The number of oxazole rings is 1. The molecule has 96 valence electrons. The van der Waals surface area contributed by atoms with Crippen molar-refractivity contribution in [2.45, 2.75) is 25.0 Å². The van der Waals surface area contributed by atoms with Crippen LogP contribution in [0.25, 0.3) is 10.6 Å². The third-order valence-corrected chi connectivity index (χ3v) is 5.48. The zero-order valence-electron chi connectivity index (χ0n) is 9.95. The van der Waals surface area contributed by atoms with Gasteiger partial charge in [0.15, 0.2) is 11.7 Å². The predicted molar refractivity (Wildman–Crippen MR) is 78.7 cm³/mol. The van der Waals surface area contributed by atoms with Crippen LogP contribution in [0, 0.1) is 0 Å². The van der Waals surface area contributed by atoms with Gasteiger partial charge < -0.3 is 4.42 Å². The highest BCUT2D eigenvalue weighted by Crippen LogP contribution is 2.37. The highest BCUT2D eigenvalue weighted by atomic mass is 35.5. The number of aromatic nitrogens is 1. The van der Waals surface area contributed by atoms with Gasteiger partial charge in [0.25, 0.3) is 0 Å². The van der Waals surface area contributed by atoms with E-state index in [9.17, 15) is 0 Å². The Bertz CT molecular complexity index is 511. The Morgan fingerprint density at radius 1 is 1.44 bits per heavy atom. The summed E-state index contributed by atoms with van der Waals surface area (Å²) in [5, 5.41) is 0. The molecule has 18 heavy (non-hydrogen) atoms. The summed E-state index contributed by atoms with van der Waals surface area (Å²) >= 11 is 9.53. The lowest BCUT2D eigenvalue weighted by Gasteiger charge is -2.08. The monoisotopic (exact) mass is 299 g/mol. The number of halogens is 1. The van der Waals surface area contributed by atoms with Crippen LogP contribution in [0.4, 0.5) is 0 Å². The van der Waals surface area contributed by atoms with Gasteiger partial charge in [0, 0.05) is 22.9 Å². The number of hydrogen-bond donors (Lipinski definition) is 0. The molecule has 0 aliphatic carbocycles. The van der Waals surface area contributed by atoms with Gasteiger partial charge in [0.1, 0.15) is 0 Å². The average Bonchev–Trinajstić information content (AvgIpc) is 3.02. The van der Waals surface area contributed by atoms with Crippen molar-refractivity contribution in [3.63, 3.8) is 0 Å². The lowest BCUT2D eigenvalue weighted by molar-refractivity contribution is 0.504. The molecule has 0 atom stereocenters. The van der Waals surface area contributed by atoms with Crippen molar-refractivity contribution in [1.29, 1.82) is 0 Å². The second kappa shape index (κ2) is 5.68. The number of fused-ring (bicyclic) bond motifs is 1. The minimum Gasteiger partial charge on any atom is -0.440 e. The van der Waals surface area contributed by atoms with Crippen LogP contribution in [0.3, 0.4) is 0 Å². The largest absolute Gasteiger partial charge is 0.440 e. The standard InChI is InChI=1S/C13H14ClNOS2/c14-4-1-2-13-15-7-10(16-13)12-6-9-8-17-5-3-11(9)18-12/h6-7H,1-5,8H2. The molecule has 3 heterocycles. The van der Waals surface area contributed by atoms with Gasteiger partial charge >= 0.3 is 0 Å². The SMILES string of the molecule is ClCCCc1ncc(-c2cc3c(s2)CCSC3)o1. The zero-order valence-corrected chi connectivity index (χ0v) is 12.3. The maximum atomic E-state index is 5.78. The topological polar surface area (TPSA) is 26.0 Å². The minimum atomic E-state index is 0.655. The molecule has 3 rings (SSSR count). The summed E-state index contributed by atoms with van der Waals surface area (Å²) in [4.78, 5) is 7.04. The third-order valence-electron chi connectivity index (χ3n) is 2.95. The van der Waals surface area contributed by atoms with Crippen molar-refractivity contribution in [3.8, 4) is 10.6 Å². The van der Waals surface area contributed by atoms with E-state index in [2.05, 4.69) is 11.1 Å². The van der Waals surface area contributed by atoms with E-state index in [0.29, 0.717) is 5.88 Å². The lowest BCUT2D eigenvalue weighted by Crippen LogP contribution is -1.96. The van der Waals surface area contributed by atoms with Crippen LogP contribution in [0.5, 0.6) is 0 Å². The lowest BCUT2D eigenvalue weighted by atomic mass is 10.2. The molecule has 0 bridgehead atoms. The number of rotatable bonds is 4. The smallest absolute Gasteiger partial charge is 0.194 e. The van der Waals surface area contributed by atoms with E-state index in [1.165, 1.54) is 27.5 Å². The second-order valence-electron chi connectivity index (χ2n) is 4.27. The van der Waals surface area contributed by atoms with E-state index >= 15 is 0 Å². The highest BCUT2D eigenvalue weighted by Gasteiger charge is 2.16. The first kappa shape index (κ1) is 12.6. The number of alkyl halides is 1. The molecule has 0 radical (unpaired) electrons. The molecule has 0 amide bonds. The third kappa shape index (κ3) is 2.60. The molecule has 0 aromatic carbocycles. The quantitative estimate of drug-likeness (QED) is 0.784. The van der Waals surface area contributed by atoms with Crippen LogP contribution in [-0.2, 0) is 18.6 Å². The fourth-order valence-electron chi connectivity index (χ4n) is 2.03. The molecule has 0 saturated carbocycles. The van der Waals surface area contributed by atoms with Crippen molar-refractivity contribution in [1.82, 2.24) is 4.98 Å². The first-order valence-electron chi connectivity index (χ1n) is 6.07. The molecule has 0 saturated heterocycles. The first-order chi connectivity index (χ1) is 8.86. The molecule has 0 N–H and O–H groups in total. The van der Waals surface area contributed by atoms with Gasteiger partial charge in [-0.3, -0.25) is 0 Å². The summed E-state index contributed by atoms with van der Waals surface area (Å²) in [6, 6.07) is 2.26. The number of aryl methyl sites for hydroxylation is 2. The van der Waals surface area contributed by atoms with Crippen LogP contribution in [-0.4, -0.2) is 16.6 Å². The molecule has 5 heteroatoms. The second-order valence-corrected chi connectivity index (χ2v) is 6.89. The van der Waals surface area contributed by atoms with E-state index < -0.39 is 0 Å². The molecule has 0 unspecified atom stereocenters. The Morgan fingerprint density at radius 3 is 3.22 bits per heavy atom. The predicted octanol–water partition coefficient (Wildman–Crippen LogP) is 4.36. The summed E-state index contributed by atoms with van der Waals surface area (Å²) < 4.78 is 5.78.